The molecule has 0 radical (unpaired) electrons. The van der Waals surface area contributed by atoms with E-state index in [1.54, 1.807) is 22.7 Å². The van der Waals surface area contributed by atoms with Gasteiger partial charge in [-0.25, -0.2) is 19.7 Å². The van der Waals surface area contributed by atoms with Crippen LogP contribution in [0.5, 0.6) is 0 Å². The molecule has 0 fully saturated rings. The number of aromatic carboxylic acids is 1. The predicted molar refractivity (Wildman–Crippen MR) is 100 cm³/mol. The van der Waals surface area contributed by atoms with Crippen molar-refractivity contribution in [2.24, 2.45) is 0 Å². The van der Waals surface area contributed by atoms with Crippen molar-refractivity contribution in [3.8, 4) is 22.8 Å². The van der Waals surface area contributed by atoms with Gasteiger partial charge in [0.15, 0.2) is 0 Å². The van der Waals surface area contributed by atoms with E-state index in [0.717, 1.165) is 12.1 Å². The second-order valence-corrected chi connectivity index (χ2v) is 5.93. The van der Waals surface area contributed by atoms with Crippen molar-refractivity contribution in [3.63, 3.8) is 0 Å². The number of nitrogens with two attached hydrogens (primary N) is 1. The summed E-state index contributed by atoms with van der Waals surface area (Å²) >= 11 is 0. The van der Waals surface area contributed by atoms with Gasteiger partial charge < -0.3 is 10.8 Å². The lowest BCUT2D eigenvalue weighted by Crippen LogP contribution is -2.01. The number of nitrogen functional groups attached to an aromatic ring is 1. The molecule has 134 valence electrons. The van der Waals surface area contributed by atoms with Crippen LogP contribution >= 0.6 is 0 Å². The van der Waals surface area contributed by atoms with Crippen LogP contribution in [-0.4, -0.2) is 35.4 Å². The summed E-state index contributed by atoms with van der Waals surface area (Å²) in [5, 5.41) is 9.35. The first-order valence-corrected chi connectivity index (χ1v) is 8.37. The van der Waals surface area contributed by atoms with Crippen LogP contribution in [-0.2, 0) is 6.42 Å². The van der Waals surface area contributed by atoms with E-state index in [-0.39, 0.29) is 11.5 Å². The maximum atomic E-state index is 11.4. The van der Waals surface area contributed by atoms with Crippen LogP contribution in [0.4, 0.5) is 5.95 Å². The molecule has 0 spiro atoms. The van der Waals surface area contributed by atoms with Gasteiger partial charge in [0.2, 0.25) is 5.95 Å². The molecule has 0 atom stereocenters. The molecule has 0 aliphatic rings. The Balaban J connectivity index is 2.05. The number of aromatic nitrogens is 5. The molecule has 4 rings (SSSR count). The Morgan fingerprint density at radius 3 is 2.70 bits per heavy atom. The van der Waals surface area contributed by atoms with Gasteiger partial charge in [0.1, 0.15) is 17.0 Å². The number of rotatable bonds is 4. The fraction of sp³-hybridized carbons (Fsp3) is 0.105. The van der Waals surface area contributed by atoms with Gasteiger partial charge in [0, 0.05) is 18.1 Å². The summed E-state index contributed by atoms with van der Waals surface area (Å²) in [6.07, 6.45) is 3.86. The highest BCUT2D eigenvalue weighted by molar-refractivity contribution is 5.88. The van der Waals surface area contributed by atoms with E-state index >= 15 is 0 Å². The first-order chi connectivity index (χ1) is 13.1. The molecule has 0 aliphatic heterocycles. The highest BCUT2D eigenvalue weighted by Gasteiger charge is 2.19. The Bertz CT molecular complexity index is 1170. The number of carboxylic acids is 1. The third kappa shape index (κ3) is 2.97. The lowest BCUT2D eigenvalue weighted by atomic mass is 10.1. The molecule has 0 amide bonds. The number of hydrogen-bond acceptors (Lipinski definition) is 6. The zero-order valence-electron chi connectivity index (χ0n) is 14.5. The fourth-order valence-electron chi connectivity index (χ4n) is 2.91. The van der Waals surface area contributed by atoms with Crippen LogP contribution in [0.15, 0.2) is 48.8 Å². The Morgan fingerprint density at radius 2 is 1.96 bits per heavy atom. The monoisotopic (exact) mass is 360 g/mol. The van der Waals surface area contributed by atoms with E-state index in [0.29, 0.717) is 28.4 Å². The molecule has 8 heteroatoms. The van der Waals surface area contributed by atoms with E-state index in [1.807, 2.05) is 25.1 Å². The van der Waals surface area contributed by atoms with Crippen molar-refractivity contribution in [1.29, 1.82) is 0 Å². The molecule has 4 heterocycles. The standard InChI is InChI=1S/C19H16N6O2/c1-2-12-4-3-5-13(22-12)16-17(14-8-9-21-19(20)23-14)25-10-11(18(26)27)6-7-15(25)24-16/h3-10H,2H2,1H3,(H,26,27)(H2,20,21,23). The Labute approximate surface area is 154 Å². The Hall–Kier alpha value is -3.81. The van der Waals surface area contributed by atoms with Crippen LogP contribution in [0.1, 0.15) is 23.0 Å². The van der Waals surface area contributed by atoms with Gasteiger partial charge in [-0.15, -0.1) is 0 Å². The van der Waals surface area contributed by atoms with Crippen LogP contribution in [0.3, 0.4) is 0 Å². The minimum Gasteiger partial charge on any atom is -0.478 e. The number of fused-ring (bicyclic) bond motifs is 1. The van der Waals surface area contributed by atoms with E-state index < -0.39 is 5.97 Å². The number of imidazole rings is 1. The van der Waals surface area contributed by atoms with Crippen molar-refractivity contribution in [3.05, 3.63) is 60.0 Å². The largest absolute Gasteiger partial charge is 0.478 e. The second kappa shape index (κ2) is 6.49. The molecule has 0 bridgehead atoms. The molecule has 4 aromatic heterocycles. The zero-order chi connectivity index (χ0) is 19.0. The van der Waals surface area contributed by atoms with Gasteiger partial charge in [-0.05, 0) is 36.8 Å². The van der Waals surface area contributed by atoms with Crippen LogP contribution in [0.25, 0.3) is 28.4 Å². The molecule has 3 N–H and O–H groups in total. The summed E-state index contributed by atoms with van der Waals surface area (Å²) in [6.45, 7) is 2.03. The van der Waals surface area contributed by atoms with E-state index in [4.69, 9.17) is 5.73 Å². The van der Waals surface area contributed by atoms with Gasteiger partial charge in [0.25, 0.3) is 0 Å². The topological polar surface area (TPSA) is 119 Å². The van der Waals surface area contributed by atoms with E-state index in [1.165, 1.54) is 12.3 Å². The van der Waals surface area contributed by atoms with Crippen molar-refractivity contribution in [2.45, 2.75) is 13.3 Å². The lowest BCUT2D eigenvalue weighted by Gasteiger charge is -2.06. The lowest BCUT2D eigenvalue weighted by molar-refractivity contribution is 0.0696. The van der Waals surface area contributed by atoms with Crippen molar-refractivity contribution < 1.29 is 9.90 Å². The van der Waals surface area contributed by atoms with Gasteiger partial charge in [-0.1, -0.05) is 13.0 Å². The number of pyridine rings is 2. The number of hydrogen-bond donors (Lipinski definition) is 2. The van der Waals surface area contributed by atoms with Gasteiger partial charge in [-0.2, -0.15) is 0 Å². The maximum absolute atomic E-state index is 11.4. The molecule has 27 heavy (non-hydrogen) atoms. The summed E-state index contributed by atoms with van der Waals surface area (Å²) in [7, 11) is 0. The molecule has 0 unspecified atom stereocenters. The number of carbonyl (C=O) groups is 1. The van der Waals surface area contributed by atoms with Crippen LogP contribution < -0.4 is 5.73 Å². The van der Waals surface area contributed by atoms with E-state index in [2.05, 4.69) is 19.9 Å². The van der Waals surface area contributed by atoms with Gasteiger partial charge in [0.05, 0.1) is 17.0 Å². The molecule has 0 aliphatic carbocycles. The third-order valence-electron chi connectivity index (χ3n) is 4.19. The molecule has 0 aromatic carbocycles. The quantitative estimate of drug-likeness (QED) is 0.574. The molecule has 8 nitrogen and oxygen atoms in total. The number of carboxylic acid groups (broad SMARTS) is 1. The average molecular weight is 360 g/mol. The first kappa shape index (κ1) is 16.6. The molecule has 4 aromatic rings. The third-order valence-corrected chi connectivity index (χ3v) is 4.19. The van der Waals surface area contributed by atoms with Crippen molar-refractivity contribution in [2.75, 3.05) is 5.73 Å². The predicted octanol–water partition coefficient (Wildman–Crippen LogP) is 2.70. The average Bonchev–Trinajstić information content (AvgIpc) is 3.06. The molecular formula is C19H16N6O2. The molecule has 0 saturated carbocycles. The smallest absolute Gasteiger partial charge is 0.337 e. The van der Waals surface area contributed by atoms with E-state index in [9.17, 15) is 9.90 Å². The Kier molecular flexibility index (Phi) is 4.00. The van der Waals surface area contributed by atoms with Crippen molar-refractivity contribution in [1.82, 2.24) is 24.3 Å². The summed E-state index contributed by atoms with van der Waals surface area (Å²) in [6, 6.07) is 10.6. The van der Waals surface area contributed by atoms with Crippen molar-refractivity contribution >= 4 is 17.6 Å². The first-order valence-electron chi connectivity index (χ1n) is 8.37. The normalized spacial score (nSPS) is 11.0. The number of aryl methyl sites for hydroxylation is 1. The van der Waals surface area contributed by atoms with Crippen LogP contribution in [0.2, 0.25) is 0 Å². The Morgan fingerprint density at radius 1 is 1.11 bits per heavy atom. The van der Waals surface area contributed by atoms with Crippen LogP contribution in [0, 0.1) is 0 Å². The zero-order valence-corrected chi connectivity index (χ0v) is 14.5. The molecule has 0 saturated heterocycles. The van der Waals surface area contributed by atoms with Gasteiger partial charge >= 0.3 is 5.97 Å². The fourth-order valence-corrected chi connectivity index (χ4v) is 2.91. The van der Waals surface area contributed by atoms with Gasteiger partial charge in [-0.3, -0.25) is 9.38 Å². The number of anilines is 1. The minimum absolute atomic E-state index is 0.123. The summed E-state index contributed by atoms with van der Waals surface area (Å²) in [5.41, 5.74) is 9.86. The summed E-state index contributed by atoms with van der Waals surface area (Å²) in [4.78, 5) is 29.0. The maximum Gasteiger partial charge on any atom is 0.337 e. The highest BCUT2D eigenvalue weighted by atomic mass is 16.4. The highest BCUT2D eigenvalue weighted by Crippen LogP contribution is 2.31. The number of nitrogens with zero attached hydrogens (tertiary/aromatic N) is 5. The second-order valence-electron chi connectivity index (χ2n) is 5.93. The SMILES string of the molecule is CCc1cccc(-c2nc3ccc(C(=O)O)cn3c2-c2ccnc(N)n2)n1. The minimum atomic E-state index is -1.02. The summed E-state index contributed by atoms with van der Waals surface area (Å²) in [5.74, 6) is -0.899. The molecular weight excluding hydrogens is 344 g/mol. The summed E-state index contributed by atoms with van der Waals surface area (Å²) < 4.78 is 1.70.